The van der Waals surface area contributed by atoms with E-state index >= 15 is 0 Å². The van der Waals surface area contributed by atoms with Gasteiger partial charge in [-0.15, -0.1) is 10.2 Å². The summed E-state index contributed by atoms with van der Waals surface area (Å²) >= 11 is 0. The molecule has 0 amide bonds. The number of tetrazole rings is 1. The van der Waals surface area contributed by atoms with Gasteiger partial charge in [-0.3, -0.25) is 0 Å². The summed E-state index contributed by atoms with van der Waals surface area (Å²) in [5, 5.41) is 17.2. The van der Waals surface area contributed by atoms with Crippen molar-refractivity contribution in [3.05, 3.63) is 54.0 Å². The van der Waals surface area contributed by atoms with Crippen molar-refractivity contribution in [2.24, 2.45) is 5.92 Å². The number of aromatic amines is 1. The van der Waals surface area contributed by atoms with E-state index in [1.807, 2.05) is 18.2 Å². The van der Waals surface area contributed by atoms with E-state index in [1.54, 1.807) is 24.1 Å². The Labute approximate surface area is 187 Å². The lowest BCUT2D eigenvalue weighted by Crippen LogP contribution is -2.13. The van der Waals surface area contributed by atoms with Gasteiger partial charge in [0.2, 0.25) is 11.5 Å². The minimum absolute atomic E-state index is 0.204. The van der Waals surface area contributed by atoms with Crippen LogP contribution in [0.2, 0.25) is 0 Å². The first kappa shape index (κ1) is 20.6. The number of rotatable bonds is 7. The van der Waals surface area contributed by atoms with Gasteiger partial charge < -0.3 is 14.6 Å². The first-order valence-electron chi connectivity index (χ1n) is 10.3. The maximum absolute atomic E-state index is 14.8. The van der Waals surface area contributed by atoms with Crippen molar-refractivity contribution >= 4 is 28.5 Å². The Morgan fingerprint density at radius 2 is 2.06 bits per heavy atom. The van der Waals surface area contributed by atoms with Crippen LogP contribution in [0.15, 0.2) is 48.2 Å². The second kappa shape index (κ2) is 8.33. The van der Waals surface area contributed by atoms with Crippen LogP contribution in [-0.2, 0) is 20.9 Å². The van der Waals surface area contributed by atoms with E-state index in [0.29, 0.717) is 11.6 Å². The molecular weight excluding hydrogens is 427 g/mol. The predicted octanol–water partition coefficient (Wildman–Crippen LogP) is 3.34. The molecule has 2 N–H and O–H groups in total. The summed E-state index contributed by atoms with van der Waals surface area (Å²) in [7, 11) is 1.19. The van der Waals surface area contributed by atoms with E-state index in [-0.39, 0.29) is 17.1 Å². The second-order valence-corrected chi connectivity index (χ2v) is 7.88. The average molecular weight is 446 g/mol. The number of anilines is 1. The molecule has 1 aliphatic rings. The van der Waals surface area contributed by atoms with Crippen LogP contribution in [-0.4, -0.2) is 44.2 Å². The van der Waals surface area contributed by atoms with E-state index < -0.39 is 11.8 Å². The molecule has 1 fully saturated rings. The molecule has 4 aromatic rings. The van der Waals surface area contributed by atoms with E-state index in [4.69, 9.17) is 0 Å². The van der Waals surface area contributed by atoms with Crippen LogP contribution in [0.5, 0.6) is 0 Å². The van der Waals surface area contributed by atoms with Gasteiger partial charge in [-0.2, -0.15) is 5.21 Å². The van der Waals surface area contributed by atoms with Gasteiger partial charge in [-0.1, -0.05) is 12.1 Å². The zero-order chi connectivity index (χ0) is 22.9. The van der Waals surface area contributed by atoms with Crippen molar-refractivity contribution in [2.45, 2.75) is 19.4 Å². The SMILES string of the molecule is COC(=O)C(=C=O)Nc1ccc(-c2cc3cc(F)c(-c4nn[nH]n4)cc3n2CC2CC2)cc1. The number of H-pyrrole nitrogens is 1. The lowest BCUT2D eigenvalue weighted by atomic mass is 10.1. The largest absolute Gasteiger partial charge is 0.464 e. The Hall–Kier alpha value is -4.30. The third-order valence-electron chi connectivity index (χ3n) is 5.66. The Morgan fingerprint density at radius 3 is 2.70 bits per heavy atom. The molecule has 0 atom stereocenters. The van der Waals surface area contributed by atoms with Crippen molar-refractivity contribution in [1.29, 1.82) is 0 Å². The van der Waals surface area contributed by atoms with E-state index in [9.17, 15) is 14.0 Å². The topological polar surface area (TPSA) is 115 Å². The van der Waals surface area contributed by atoms with Crippen LogP contribution in [0.3, 0.4) is 0 Å². The zero-order valence-electron chi connectivity index (χ0n) is 17.6. The van der Waals surface area contributed by atoms with Gasteiger partial charge in [0.1, 0.15) is 5.82 Å². The molecule has 9 nitrogen and oxygen atoms in total. The molecule has 5 rings (SSSR count). The fourth-order valence-electron chi connectivity index (χ4n) is 3.81. The van der Waals surface area contributed by atoms with Crippen molar-refractivity contribution < 1.29 is 18.7 Å². The molecule has 2 aromatic heterocycles. The zero-order valence-corrected chi connectivity index (χ0v) is 17.6. The molecule has 0 spiro atoms. The van der Waals surface area contributed by atoms with Gasteiger partial charge in [0.25, 0.3) is 0 Å². The summed E-state index contributed by atoms with van der Waals surface area (Å²) < 4.78 is 21.5. The van der Waals surface area contributed by atoms with Crippen LogP contribution < -0.4 is 5.32 Å². The summed E-state index contributed by atoms with van der Waals surface area (Å²) in [5.74, 6) is 1.12. The average Bonchev–Trinajstić information content (AvgIpc) is 3.35. The molecule has 0 bridgehead atoms. The maximum atomic E-state index is 14.8. The summed E-state index contributed by atoms with van der Waals surface area (Å²) in [4.78, 5) is 22.6. The van der Waals surface area contributed by atoms with Crippen molar-refractivity contribution in [2.75, 3.05) is 12.4 Å². The molecule has 0 radical (unpaired) electrons. The normalized spacial score (nSPS) is 13.0. The Bertz CT molecular complexity index is 1380. The van der Waals surface area contributed by atoms with Gasteiger partial charge in [-0.05, 0) is 59.9 Å². The molecule has 0 unspecified atom stereocenters. The number of carbonyl (C=O) groups is 1. The highest BCUT2D eigenvalue weighted by Crippen LogP contribution is 2.37. The third-order valence-corrected chi connectivity index (χ3v) is 5.66. The molecule has 0 saturated heterocycles. The minimum Gasteiger partial charge on any atom is -0.464 e. The van der Waals surface area contributed by atoms with Gasteiger partial charge >= 0.3 is 5.97 Å². The first-order valence-corrected chi connectivity index (χ1v) is 10.3. The number of aromatic nitrogens is 5. The highest BCUT2D eigenvalue weighted by molar-refractivity contribution is 6.00. The van der Waals surface area contributed by atoms with Crippen LogP contribution in [0.1, 0.15) is 12.8 Å². The number of carbonyl (C=O) groups excluding carboxylic acids is 2. The molecule has 33 heavy (non-hydrogen) atoms. The molecule has 166 valence electrons. The number of hydrogen-bond donors (Lipinski definition) is 2. The molecule has 10 heteroatoms. The van der Waals surface area contributed by atoms with Gasteiger partial charge in [0, 0.05) is 28.8 Å². The Kier molecular flexibility index (Phi) is 5.20. The number of methoxy groups -OCH3 is 1. The standard InChI is InChI=1S/C23H19FN6O3/c1-33-23(32)19(12-31)25-16-6-4-14(5-7-16)20-9-15-8-18(24)17(22-26-28-29-27-22)10-21(15)30(20)11-13-2-3-13/h4-10,13,25H,2-3,11H2,1H3,(H,26,27,28,29). The number of nitrogens with one attached hydrogen (secondary N) is 2. The van der Waals surface area contributed by atoms with Crippen molar-refractivity contribution in [1.82, 2.24) is 25.2 Å². The molecule has 2 heterocycles. The Balaban J connectivity index is 1.54. The molecule has 1 aliphatic carbocycles. The summed E-state index contributed by atoms with van der Waals surface area (Å²) in [6, 6.07) is 12.4. The van der Waals surface area contributed by atoms with Gasteiger partial charge in [0.05, 0.1) is 12.7 Å². The highest BCUT2D eigenvalue weighted by Gasteiger charge is 2.25. The summed E-state index contributed by atoms with van der Waals surface area (Å²) in [6.45, 7) is 0.816. The van der Waals surface area contributed by atoms with Gasteiger partial charge in [-0.25, -0.2) is 14.0 Å². The third kappa shape index (κ3) is 3.99. The lowest BCUT2D eigenvalue weighted by Gasteiger charge is -2.12. The number of ether oxygens (including phenoxy) is 1. The number of benzene rings is 2. The number of hydrogen-bond acceptors (Lipinski definition) is 7. The molecule has 2 aromatic carbocycles. The fourth-order valence-corrected chi connectivity index (χ4v) is 3.81. The molecule has 0 aliphatic heterocycles. The summed E-state index contributed by atoms with van der Waals surface area (Å²) in [5.41, 5.74) is 3.25. The van der Waals surface area contributed by atoms with Crippen molar-refractivity contribution in [3.63, 3.8) is 0 Å². The van der Waals surface area contributed by atoms with Gasteiger partial charge in [0.15, 0.2) is 5.94 Å². The van der Waals surface area contributed by atoms with Crippen LogP contribution in [0.25, 0.3) is 33.5 Å². The number of halogens is 1. The molecular formula is C23H19FN6O3. The van der Waals surface area contributed by atoms with E-state index in [1.165, 1.54) is 13.2 Å². The van der Waals surface area contributed by atoms with Crippen molar-refractivity contribution in [3.8, 4) is 22.6 Å². The first-order chi connectivity index (χ1) is 16.1. The fraction of sp³-hybridized carbons (Fsp3) is 0.217. The van der Waals surface area contributed by atoms with Crippen LogP contribution >= 0.6 is 0 Å². The quantitative estimate of drug-likeness (QED) is 0.254. The number of fused-ring (bicyclic) bond motifs is 1. The predicted molar refractivity (Wildman–Crippen MR) is 118 cm³/mol. The smallest absolute Gasteiger partial charge is 0.366 e. The highest BCUT2D eigenvalue weighted by atomic mass is 19.1. The second-order valence-electron chi connectivity index (χ2n) is 7.88. The lowest BCUT2D eigenvalue weighted by molar-refractivity contribution is -0.135. The van der Waals surface area contributed by atoms with Crippen LogP contribution in [0, 0.1) is 11.7 Å². The van der Waals surface area contributed by atoms with E-state index in [2.05, 4.69) is 35.2 Å². The number of nitrogens with zero attached hydrogens (tertiary/aromatic N) is 4. The van der Waals surface area contributed by atoms with Crippen LogP contribution in [0.4, 0.5) is 10.1 Å². The Morgan fingerprint density at radius 1 is 1.27 bits per heavy atom. The monoisotopic (exact) mass is 446 g/mol. The number of esters is 1. The summed E-state index contributed by atoms with van der Waals surface area (Å²) in [6.07, 6.45) is 2.32. The molecule has 1 saturated carbocycles. The van der Waals surface area contributed by atoms with E-state index in [0.717, 1.165) is 41.5 Å². The minimum atomic E-state index is -0.793. The maximum Gasteiger partial charge on any atom is 0.366 e.